The van der Waals surface area contributed by atoms with Crippen LogP contribution in [0.3, 0.4) is 0 Å². The second-order valence-corrected chi connectivity index (χ2v) is 6.55. The van der Waals surface area contributed by atoms with E-state index >= 15 is 0 Å². The average molecular weight is 321 g/mol. The van der Waals surface area contributed by atoms with Gasteiger partial charge in [0.15, 0.2) is 0 Å². The molecule has 23 heavy (non-hydrogen) atoms. The van der Waals surface area contributed by atoms with Gasteiger partial charge in [-0.25, -0.2) is 4.79 Å². The number of aromatic nitrogens is 2. The lowest BCUT2D eigenvalue weighted by Crippen LogP contribution is -2.57. The molecule has 7 nitrogen and oxygen atoms in total. The first kappa shape index (κ1) is 16.3. The number of amides is 2. The molecule has 2 N–H and O–H groups in total. The highest BCUT2D eigenvalue weighted by Crippen LogP contribution is 2.31. The first-order chi connectivity index (χ1) is 11.3. The molecule has 1 aromatic rings. The van der Waals surface area contributed by atoms with E-state index in [9.17, 15) is 9.90 Å². The van der Waals surface area contributed by atoms with E-state index in [0.29, 0.717) is 19.6 Å². The van der Waals surface area contributed by atoms with Crippen LogP contribution in [0, 0.1) is 5.92 Å². The summed E-state index contributed by atoms with van der Waals surface area (Å²) < 4.78 is 1.81. The average Bonchev–Trinajstić information content (AvgIpc) is 3.21. The minimum absolute atomic E-state index is 0.00818. The summed E-state index contributed by atoms with van der Waals surface area (Å²) in [5, 5.41) is 16.4. The van der Waals surface area contributed by atoms with Crippen molar-refractivity contribution >= 4 is 6.03 Å². The Morgan fingerprint density at radius 1 is 1.35 bits per heavy atom. The van der Waals surface area contributed by atoms with E-state index in [1.807, 2.05) is 21.8 Å². The maximum atomic E-state index is 12.3. The van der Waals surface area contributed by atoms with Gasteiger partial charge in [0.2, 0.25) is 0 Å². The highest BCUT2D eigenvalue weighted by molar-refractivity contribution is 5.74. The number of aliphatic hydroxyl groups is 1. The second kappa shape index (κ2) is 7.79. The van der Waals surface area contributed by atoms with Crippen LogP contribution in [0.2, 0.25) is 0 Å². The smallest absolute Gasteiger partial charge is 0.317 e. The number of hydrogen-bond donors (Lipinski definition) is 2. The van der Waals surface area contributed by atoms with Crippen molar-refractivity contribution in [2.45, 2.75) is 31.8 Å². The standard InChI is InChI=1S/C16H27N5O2/c22-11-4-15-13-20(10-9-19(15)12-14-2-3-14)16(23)17-6-8-21-7-1-5-18-21/h1,5,7,14-15,22H,2-4,6,8-13H2,(H,17,23). The molecule has 2 aliphatic rings. The van der Waals surface area contributed by atoms with Crippen LogP contribution in [0.4, 0.5) is 4.79 Å². The Morgan fingerprint density at radius 3 is 2.91 bits per heavy atom. The molecule has 2 amide bonds. The highest BCUT2D eigenvalue weighted by Gasteiger charge is 2.33. The van der Waals surface area contributed by atoms with Crippen molar-refractivity contribution in [1.29, 1.82) is 0 Å². The van der Waals surface area contributed by atoms with Gasteiger partial charge in [0.05, 0.1) is 6.54 Å². The number of hydrogen-bond acceptors (Lipinski definition) is 4. The van der Waals surface area contributed by atoms with Gasteiger partial charge in [0.1, 0.15) is 0 Å². The number of aliphatic hydroxyl groups excluding tert-OH is 1. The predicted molar refractivity (Wildman–Crippen MR) is 87.0 cm³/mol. The van der Waals surface area contributed by atoms with Crippen LogP contribution in [0.25, 0.3) is 0 Å². The molecule has 7 heteroatoms. The van der Waals surface area contributed by atoms with E-state index in [0.717, 1.165) is 32.0 Å². The maximum absolute atomic E-state index is 12.3. The van der Waals surface area contributed by atoms with Gasteiger partial charge in [0, 0.05) is 57.8 Å². The first-order valence-corrected chi connectivity index (χ1v) is 8.61. The third-order valence-electron chi connectivity index (χ3n) is 4.72. The van der Waals surface area contributed by atoms with Crippen LogP contribution in [0.5, 0.6) is 0 Å². The minimum Gasteiger partial charge on any atom is -0.396 e. The van der Waals surface area contributed by atoms with Crippen LogP contribution in [0.15, 0.2) is 18.5 Å². The van der Waals surface area contributed by atoms with Crippen LogP contribution in [0.1, 0.15) is 19.3 Å². The molecule has 0 spiro atoms. The molecule has 1 saturated heterocycles. The van der Waals surface area contributed by atoms with E-state index in [-0.39, 0.29) is 18.7 Å². The zero-order valence-electron chi connectivity index (χ0n) is 13.6. The van der Waals surface area contributed by atoms with Crippen LogP contribution in [-0.4, -0.2) is 76.1 Å². The Kier molecular flexibility index (Phi) is 5.51. The summed E-state index contributed by atoms with van der Waals surface area (Å²) in [6.07, 6.45) is 7.03. The number of urea groups is 1. The van der Waals surface area contributed by atoms with Gasteiger partial charge < -0.3 is 15.3 Å². The Balaban J connectivity index is 1.44. The van der Waals surface area contributed by atoms with Crippen LogP contribution < -0.4 is 5.32 Å². The van der Waals surface area contributed by atoms with Gasteiger partial charge in [-0.15, -0.1) is 0 Å². The van der Waals surface area contributed by atoms with Crippen LogP contribution in [-0.2, 0) is 6.54 Å². The van der Waals surface area contributed by atoms with Crippen LogP contribution >= 0.6 is 0 Å². The number of carbonyl (C=O) groups is 1. The highest BCUT2D eigenvalue weighted by atomic mass is 16.3. The van der Waals surface area contributed by atoms with Crippen molar-refractivity contribution in [2.75, 3.05) is 39.3 Å². The number of rotatable bonds is 7. The normalized spacial score (nSPS) is 22.3. The fraction of sp³-hybridized carbons (Fsp3) is 0.750. The van der Waals surface area contributed by atoms with Gasteiger partial charge in [0.25, 0.3) is 0 Å². The Hall–Kier alpha value is -1.60. The molecule has 2 fully saturated rings. The molecule has 1 aliphatic carbocycles. The first-order valence-electron chi connectivity index (χ1n) is 8.61. The van der Waals surface area contributed by atoms with Gasteiger partial charge in [-0.1, -0.05) is 0 Å². The number of nitrogens with zero attached hydrogens (tertiary/aromatic N) is 4. The third kappa shape index (κ3) is 4.68. The molecule has 1 atom stereocenters. The molecule has 1 unspecified atom stereocenters. The molecular weight excluding hydrogens is 294 g/mol. The largest absolute Gasteiger partial charge is 0.396 e. The molecule has 1 saturated carbocycles. The Labute approximate surface area is 137 Å². The third-order valence-corrected chi connectivity index (χ3v) is 4.72. The van der Waals surface area contributed by atoms with Gasteiger partial charge in [-0.3, -0.25) is 9.58 Å². The molecule has 1 aromatic heterocycles. The molecular formula is C16H27N5O2. The summed E-state index contributed by atoms with van der Waals surface area (Å²) in [7, 11) is 0. The summed E-state index contributed by atoms with van der Waals surface area (Å²) in [5.74, 6) is 0.839. The summed E-state index contributed by atoms with van der Waals surface area (Å²) in [6, 6.07) is 2.15. The number of piperazine rings is 1. The van der Waals surface area contributed by atoms with E-state index in [2.05, 4.69) is 15.3 Å². The van der Waals surface area contributed by atoms with Crippen molar-refractivity contribution < 1.29 is 9.90 Å². The zero-order chi connectivity index (χ0) is 16.1. The topological polar surface area (TPSA) is 73.6 Å². The van der Waals surface area contributed by atoms with Crippen molar-refractivity contribution in [3.8, 4) is 0 Å². The van der Waals surface area contributed by atoms with E-state index < -0.39 is 0 Å². The fourth-order valence-electron chi connectivity index (χ4n) is 3.19. The maximum Gasteiger partial charge on any atom is 0.317 e. The lowest BCUT2D eigenvalue weighted by molar-refractivity contribution is 0.0703. The second-order valence-electron chi connectivity index (χ2n) is 6.55. The lowest BCUT2D eigenvalue weighted by atomic mass is 10.1. The summed E-state index contributed by atoms with van der Waals surface area (Å²) in [4.78, 5) is 16.7. The van der Waals surface area contributed by atoms with Gasteiger partial charge >= 0.3 is 6.03 Å². The van der Waals surface area contributed by atoms with E-state index in [4.69, 9.17) is 0 Å². The molecule has 3 rings (SSSR count). The quantitative estimate of drug-likeness (QED) is 0.761. The SMILES string of the molecule is O=C(NCCn1cccn1)N1CCN(CC2CC2)C(CCO)C1. The fourth-order valence-corrected chi connectivity index (χ4v) is 3.19. The predicted octanol–water partition coefficient (Wildman–Crippen LogP) is 0.371. The molecule has 0 bridgehead atoms. The minimum atomic E-state index is -0.00818. The molecule has 1 aliphatic heterocycles. The van der Waals surface area contributed by atoms with Crippen molar-refractivity contribution in [1.82, 2.24) is 24.9 Å². The van der Waals surface area contributed by atoms with E-state index in [1.54, 1.807) is 6.20 Å². The molecule has 0 aromatic carbocycles. The summed E-state index contributed by atoms with van der Waals surface area (Å²) >= 11 is 0. The summed E-state index contributed by atoms with van der Waals surface area (Å²) in [6.45, 7) is 4.95. The molecule has 2 heterocycles. The monoisotopic (exact) mass is 321 g/mol. The lowest BCUT2D eigenvalue weighted by Gasteiger charge is -2.41. The molecule has 0 radical (unpaired) electrons. The van der Waals surface area contributed by atoms with Gasteiger partial charge in [-0.05, 0) is 31.2 Å². The number of carbonyl (C=O) groups excluding carboxylic acids is 1. The molecule has 128 valence electrons. The Bertz CT molecular complexity index is 489. The van der Waals surface area contributed by atoms with Gasteiger partial charge in [-0.2, -0.15) is 5.10 Å². The van der Waals surface area contributed by atoms with Crippen molar-refractivity contribution in [2.24, 2.45) is 5.92 Å². The van der Waals surface area contributed by atoms with E-state index in [1.165, 1.54) is 12.8 Å². The zero-order valence-corrected chi connectivity index (χ0v) is 13.6. The number of nitrogens with one attached hydrogen (secondary N) is 1. The van der Waals surface area contributed by atoms with Crippen molar-refractivity contribution in [3.05, 3.63) is 18.5 Å². The Morgan fingerprint density at radius 2 is 2.22 bits per heavy atom. The van der Waals surface area contributed by atoms with Crippen molar-refractivity contribution in [3.63, 3.8) is 0 Å². The summed E-state index contributed by atoms with van der Waals surface area (Å²) in [5.41, 5.74) is 0.